The number of allylic oxidation sites excluding steroid dienone is 1. The number of halogens is 1. The van der Waals surface area contributed by atoms with E-state index in [-0.39, 0.29) is 17.9 Å². The highest BCUT2D eigenvalue weighted by molar-refractivity contribution is 6.30. The maximum Gasteiger partial charge on any atom is 0.258 e. The third-order valence-corrected chi connectivity index (χ3v) is 5.55. The topological polar surface area (TPSA) is 71.8 Å². The Morgan fingerprint density at radius 2 is 1.72 bits per heavy atom. The van der Waals surface area contributed by atoms with E-state index in [9.17, 15) is 4.79 Å². The Kier molecular flexibility index (Phi) is 5.21. The molecule has 0 aliphatic carbocycles. The third-order valence-electron chi connectivity index (χ3n) is 5.30. The molecular formula is C25H20ClN5O. The maximum absolute atomic E-state index is 12.7. The second kappa shape index (κ2) is 8.32. The quantitative estimate of drug-likeness (QED) is 0.435. The first-order chi connectivity index (χ1) is 15.6. The average Bonchev–Trinajstić information content (AvgIpc) is 3.22. The predicted octanol–water partition coefficient (Wildman–Crippen LogP) is 5.55. The molecule has 0 fully saturated rings. The second-order valence-electron chi connectivity index (χ2n) is 7.59. The van der Waals surface area contributed by atoms with Crippen molar-refractivity contribution in [1.82, 2.24) is 14.8 Å². The molecule has 0 unspecified atom stereocenters. The molecule has 7 heteroatoms. The van der Waals surface area contributed by atoms with Gasteiger partial charge in [0, 0.05) is 16.3 Å². The Morgan fingerprint density at radius 1 is 1.00 bits per heavy atom. The van der Waals surface area contributed by atoms with Gasteiger partial charge in [0.25, 0.3) is 11.9 Å². The minimum Gasteiger partial charge on any atom is -0.324 e. The normalized spacial score (nSPS) is 14.8. The van der Waals surface area contributed by atoms with Gasteiger partial charge < -0.3 is 5.32 Å². The van der Waals surface area contributed by atoms with Gasteiger partial charge in [0.1, 0.15) is 6.04 Å². The number of hydrogen-bond donors (Lipinski definition) is 2. The lowest BCUT2D eigenvalue weighted by molar-refractivity contribution is 0.102. The predicted molar refractivity (Wildman–Crippen MR) is 127 cm³/mol. The summed E-state index contributed by atoms with van der Waals surface area (Å²) in [5.41, 5.74) is 4.60. The van der Waals surface area contributed by atoms with Crippen LogP contribution in [0.15, 0.2) is 84.9 Å². The van der Waals surface area contributed by atoms with Gasteiger partial charge in [0.15, 0.2) is 0 Å². The Balaban J connectivity index is 1.50. The Hall–Kier alpha value is -3.90. The zero-order valence-electron chi connectivity index (χ0n) is 17.3. The molecule has 4 aromatic rings. The maximum atomic E-state index is 12.7. The summed E-state index contributed by atoms with van der Waals surface area (Å²) in [6.07, 6.45) is 2.09. The Labute approximate surface area is 190 Å². The summed E-state index contributed by atoms with van der Waals surface area (Å²) in [6, 6.07) is 24.8. The minimum atomic E-state index is -0.257. The van der Waals surface area contributed by atoms with Gasteiger partial charge in [0.2, 0.25) is 5.95 Å². The largest absolute Gasteiger partial charge is 0.324 e. The van der Waals surface area contributed by atoms with E-state index < -0.39 is 0 Å². The lowest BCUT2D eigenvalue weighted by atomic mass is 10.0. The molecule has 1 atom stereocenters. The van der Waals surface area contributed by atoms with Gasteiger partial charge in [-0.15, -0.1) is 5.10 Å². The van der Waals surface area contributed by atoms with Crippen LogP contribution in [0.5, 0.6) is 0 Å². The first kappa shape index (κ1) is 20.0. The van der Waals surface area contributed by atoms with E-state index in [4.69, 9.17) is 11.6 Å². The molecule has 0 bridgehead atoms. The van der Waals surface area contributed by atoms with Crippen LogP contribution in [0, 0.1) is 6.92 Å². The molecule has 1 aliphatic rings. The number of aromatic nitrogens is 3. The average molecular weight is 442 g/mol. The number of fused-ring (bicyclic) bond motifs is 1. The monoisotopic (exact) mass is 441 g/mol. The van der Waals surface area contributed by atoms with E-state index in [2.05, 4.69) is 26.8 Å². The van der Waals surface area contributed by atoms with Gasteiger partial charge in [-0.05, 0) is 48.4 Å². The third kappa shape index (κ3) is 4.00. The summed E-state index contributed by atoms with van der Waals surface area (Å²) in [4.78, 5) is 17.2. The van der Waals surface area contributed by atoms with E-state index >= 15 is 0 Å². The van der Waals surface area contributed by atoms with E-state index in [1.807, 2.05) is 73.7 Å². The van der Waals surface area contributed by atoms with Gasteiger partial charge in [-0.25, -0.2) is 4.68 Å². The zero-order chi connectivity index (χ0) is 22.1. The molecule has 5 rings (SSSR count). The second-order valence-corrected chi connectivity index (χ2v) is 8.03. The number of carbonyl (C=O) groups is 1. The molecule has 158 valence electrons. The highest BCUT2D eigenvalue weighted by Gasteiger charge is 2.26. The molecule has 0 spiro atoms. The molecule has 0 saturated carbocycles. The molecule has 0 saturated heterocycles. The first-order valence-electron chi connectivity index (χ1n) is 10.2. The fourth-order valence-corrected chi connectivity index (χ4v) is 3.73. The van der Waals surface area contributed by atoms with Crippen LogP contribution in [-0.4, -0.2) is 20.7 Å². The number of anilines is 2. The van der Waals surface area contributed by atoms with Crippen molar-refractivity contribution in [2.45, 2.75) is 13.0 Å². The molecule has 6 nitrogen and oxygen atoms in total. The van der Waals surface area contributed by atoms with Crippen LogP contribution in [0.25, 0.3) is 5.70 Å². The highest BCUT2D eigenvalue weighted by atomic mass is 35.5. The number of nitrogens with zero attached hydrogens (tertiary/aromatic N) is 3. The van der Waals surface area contributed by atoms with E-state index in [1.165, 1.54) is 0 Å². The summed E-state index contributed by atoms with van der Waals surface area (Å²) in [7, 11) is 0. The minimum absolute atomic E-state index is 0.212. The summed E-state index contributed by atoms with van der Waals surface area (Å²) >= 11 is 6.09. The van der Waals surface area contributed by atoms with Crippen molar-refractivity contribution in [1.29, 1.82) is 0 Å². The summed E-state index contributed by atoms with van der Waals surface area (Å²) in [5, 5.41) is 11.4. The first-order valence-corrected chi connectivity index (χ1v) is 10.6. The number of aryl methyl sites for hydroxylation is 1. The molecule has 1 aromatic heterocycles. The SMILES string of the molecule is Cc1ccc(C(=O)Nc2nc3n(n2)[C@H](c2ccc(Cl)cc2)C=C(c2ccccc2)N3)cc1. The lowest BCUT2D eigenvalue weighted by Crippen LogP contribution is -2.20. The van der Waals surface area contributed by atoms with Crippen molar-refractivity contribution in [2.75, 3.05) is 10.6 Å². The number of nitrogens with one attached hydrogen (secondary N) is 2. The molecule has 32 heavy (non-hydrogen) atoms. The molecule has 1 amide bonds. The van der Waals surface area contributed by atoms with Crippen molar-refractivity contribution in [3.63, 3.8) is 0 Å². The molecule has 2 N–H and O–H groups in total. The van der Waals surface area contributed by atoms with Crippen LogP contribution in [0.4, 0.5) is 11.9 Å². The van der Waals surface area contributed by atoms with E-state index in [0.29, 0.717) is 16.5 Å². The Morgan fingerprint density at radius 3 is 2.44 bits per heavy atom. The zero-order valence-corrected chi connectivity index (χ0v) is 18.0. The number of carbonyl (C=O) groups excluding carboxylic acids is 1. The van der Waals surface area contributed by atoms with E-state index in [0.717, 1.165) is 22.4 Å². The molecule has 1 aliphatic heterocycles. The van der Waals surface area contributed by atoms with Gasteiger partial charge in [-0.2, -0.15) is 4.98 Å². The van der Waals surface area contributed by atoms with Crippen LogP contribution >= 0.6 is 11.6 Å². The van der Waals surface area contributed by atoms with Crippen molar-refractivity contribution < 1.29 is 4.79 Å². The van der Waals surface area contributed by atoms with Crippen molar-refractivity contribution in [2.24, 2.45) is 0 Å². The van der Waals surface area contributed by atoms with Crippen LogP contribution in [0.1, 0.15) is 33.1 Å². The van der Waals surface area contributed by atoms with Gasteiger partial charge in [-0.3, -0.25) is 10.1 Å². The number of hydrogen-bond acceptors (Lipinski definition) is 4. The highest BCUT2D eigenvalue weighted by Crippen LogP contribution is 2.33. The van der Waals surface area contributed by atoms with Crippen molar-refractivity contribution in [3.05, 3.63) is 112 Å². The van der Waals surface area contributed by atoms with Crippen molar-refractivity contribution >= 4 is 35.1 Å². The van der Waals surface area contributed by atoms with Crippen LogP contribution in [0.3, 0.4) is 0 Å². The molecular weight excluding hydrogens is 422 g/mol. The number of rotatable bonds is 4. The van der Waals surface area contributed by atoms with Crippen LogP contribution in [0.2, 0.25) is 5.02 Å². The molecule has 3 aromatic carbocycles. The summed E-state index contributed by atoms with van der Waals surface area (Å²) in [6.45, 7) is 1.98. The summed E-state index contributed by atoms with van der Waals surface area (Å²) < 4.78 is 1.76. The van der Waals surface area contributed by atoms with Gasteiger partial charge in [0.05, 0.1) is 0 Å². The Bertz CT molecular complexity index is 1290. The number of benzene rings is 3. The molecule has 0 radical (unpaired) electrons. The fourth-order valence-electron chi connectivity index (χ4n) is 3.61. The standard InChI is InChI=1S/C25H20ClN5O/c1-16-7-9-19(10-8-16)23(32)28-24-29-25-27-21(17-5-3-2-4-6-17)15-22(31(25)30-24)18-11-13-20(26)14-12-18/h2-15,22H,1H3,(H2,27,28,29,30,32)/t22-/m0/s1. The van der Waals surface area contributed by atoms with Crippen LogP contribution < -0.4 is 10.6 Å². The smallest absolute Gasteiger partial charge is 0.258 e. The van der Waals surface area contributed by atoms with Crippen molar-refractivity contribution in [3.8, 4) is 0 Å². The molecule has 2 heterocycles. The van der Waals surface area contributed by atoms with E-state index in [1.54, 1.807) is 16.8 Å². The number of amides is 1. The van der Waals surface area contributed by atoms with Crippen LogP contribution in [-0.2, 0) is 0 Å². The fraction of sp³-hybridized carbons (Fsp3) is 0.0800. The van der Waals surface area contributed by atoms with Gasteiger partial charge >= 0.3 is 0 Å². The van der Waals surface area contributed by atoms with Gasteiger partial charge in [-0.1, -0.05) is 71.8 Å². The lowest BCUT2D eigenvalue weighted by Gasteiger charge is -2.24. The summed E-state index contributed by atoms with van der Waals surface area (Å²) in [5.74, 6) is 0.525.